The minimum atomic E-state index is 0.565. The molecule has 3 heteroatoms. The van der Waals surface area contributed by atoms with Crippen molar-refractivity contribution in [2.75, 3.05) is 11.4 Å². The van der Waals surface area contributed by atoms with Crippen LogP contribution in [0.5, 0.6) is 0 Å². The van der Waals surface area contributed by atoms with Crippen molar-refractivity contribution in [2.45, 2.75) is 13.0 Å². The third-order valence-electron chi connectivity index (χ3n) is 3.11. The van der Waals surface area contributed by atoms with Gasteiger partial charge in [-0.05, 0) is 30.2 Å². The SMILES string of the molecule is Clc1cccc(CN2CCc3ccccc32)n1. The van der Waals surface area contributed by atoms with E-state index in [1.54, 1.807) is 0 Å². The molecule has 86 valence electrons. The summed E-state index contributed by atoms with van der Waals surface area (Å²) in [7, 11) is 0. The molecule has 0 atom stereocenters. The summed E-state index contributed by atoms with van der Waals surface area (Å²) < 4.78 is 0. The van der Waals surface area contributed by atoms with Crippen molar-refractivity contribution in [3.63, 3.8) is 0 Å². The summed E-state index contributed by atoms with van der Waals surface area (Å²) >= 11 is 5.90. The highest BCUT2D eigenvalue weighted by Gasteiger charge is 2.18. The van der Waals surface area contributed by atoms with Crippen molar-refractivity contribution in [1.29, 1.82) is 0 Å². The molecule has 1 aromatic heterocycles. The van der Waals surface area contributed by atoms with Crippen LogP contribution in [0.2, 0.25) is 5.15 Å². The number of benzene rings is 1. The maximum atomic E-state index is 5.90. The highest BCUT2D eigenvalue weighted by Crippen LogP contribution is 2.28. The van der Waals surface area contributed by atoms with Gasteiger partial charge >= 0.3 is 0 Å². The molecule has 0 saturated heterocycles. The molecular formula is C14H13ClN2. The van der Waals surface area contributed by atoms with E-state index in [1.165, 1.54) is 11.3 Å². The second kappa shape index (κ2) is 4.38. The molecule has 0 aliphatic carbocycles. The zero-order chi connectivity index (χ0) is 11.7. The van der Waals surface area contributed by atoms with Gasteiger partial charge in [-0.25, -0.2) is 4.98 Å². The minimum Gasteiger partial charge on any atom is -0.365 e. The maximum Gasteiger partial charge on any atom is 0.129 e. The quantitative estimate of drug-likeness (QED) is 0.754. The molecule has 1 aliphatic rings. The fourth-order valence-electron chi connectivity index (χ4n) is 2.30. The standard InChI is InChI=1S/C14H13ClN2/c15-14-7-3-5-12(16-14)10-17-9-8-11-4-1-2-6-13(11)17/h1-7H,8-10H2. The van der Waals surface area contributed by atoms with Crippen LogP contribution in [-0.2, 0) is 13.0 Å². The van der Waals surface area contributed by atoms with Crippen LogP contribution >= 0.6 is 11.6 Å². The van der Waals surface area contributed by atoms with Crippen LogP contribution in [0.3, 0.4) is 0 Å². The van der Waals surface area contributed by atoms with Gasteiger partial charge in [0.05, 0.1) is 12.2 Å². The number of anilines is 1. The number of halogens is 1. The van der Waals surface area contributed by atoms with Crippen LogP contribution < -0.4 is 4.90 Å². The first-order valence-corrected chi connectivity index (χ1v) is 6.15. The third kappa shape index (κ3) is 2.13. The van der Waals surface area contributed by atoms with Crippen molar-refractivity contribution in [1.82, 2.24) is 4.98 Å². The summed E-state index contributed by atoms with van der Waals surface area (Å²) in [5, 5.41) is 0.565. The molecule has 2 heterocycles. The van der Waals surface area contributed by atoms with Gasteiger partial charge in [0.15, 0.2) is 0 Å². The predicted octanol–water partition coefficient (Wildman–Crippen LogP) is 3.30. The van der Waals surface area contributed by atoms with E-state index >= 15 is 0 Å². The van der Waals surface area contributed by atoms with Gasteiger partial charge < -0.3 is 4.90 Å². The number of rotatable bonds is 2. The fourth-order valence-corrected chi connectivity index (χ4v) is 2.49. The molecule has 2 aromatic rings. The van der Waals surface area contributed by atoms with Crippen molar-refractivity contribution < 1.29 is 0 Å². The Kier molecular flexibility index (Phi) is 2.73. The van der Waals surface area contributed by atoms with E-state index in [1.807, 2.05) is 18.2 Å². The van der Waals surface area contributed by atoms with Gasteiger partial charge in [-0.1, -0.05) is 35.9 Å². The first-order valence-electron chi connectivity index (χ1n) is 5.77. The lowest BCUT2D eigenvalue weighted by atomic mass is 10.2. The molecule has 0 radical (unpaired) electrons. The number of fused-ring (bicyclic) bond motifs is 1. The Morgan fingerprint density at radius 3 is 2.88 bits per heavy atom. The molecule has 2 nitrogen and oxygen atoms in total. The Balaban J connectivity index is 1.84. The Morgan fingerprint density at radius 1 is 1.12 bits per heavy atom. The molecule has 0 amide bonds. The summed E-state index contributed by atoms with van der Waals surface area (Å²) in [6.07, 6.45) is 1.12. The van der Waals surface area contributed by atoms with Crippen LogP contribution in [0.1, 0.15) is 11.3 Å². The average molecular weight is 245 g/mol. The van der Waals surface area contributed by atoms with E-state index in [0.717, 1.165) is 25.2 Å². The summed E-state index contributed by atoms with van der Waals surface area (Å²) in [5.41, 5.74) is 3.78. The van der Waals surface area contributed by atoms with Gasteiger partial charge in [0, 0.05) is 12.2 Å². The number of aromatic nitrogens is 1. The number of hydrogen-bond donors (Lipinski definition) is 0. The van der Waals surface area contributed by atoms with E-state index in [-0.39, 0.29) is 0 Å². The van der Waals surface area contributed by atoms with Crippen LogP contribution in [0.25, 0.3) is 0 Å². The van der Waals surface area contributed by atoms with E-state index in [2.05, 4.69) is 34.1 Å². The van der Waals surface area contributed by atoms with E-state index in [0.29, 0.717) is 5.15 Å². The van der Waals surface area contributed by atoms with Crippen LogP contribution in [0.4, 0.5) is 5.69 Å². The highest BCUT2D eigenvalue weighted by molar-refractivity contribution is 6.29. The molecule has 0 N–H and O–H groups in total. The van der Waals surface area contributed by atoms with Crippen LogP contribution in [0.15, 0.2) is 42.5 Å². The number of para-hydroxylation sites is 1. The molecule has 0 saturated carbocycles. The average Bonchev–Trinajstić information content (AvgIpc) is 2.73. The zero-order valence-electron chi connectivity index (χ0n) is 9.44. The molecule has 17 heavy (non-hydrogen) atoms. The second-order valence-corrected chi connectivity index (χ2v) is 4.64. The lowest BCUT2D eigenvalue weighted by Gasteiger charge is -2.18. The van der Waals surface area contributed by atoms with Gasteiger partial charge in [-0.2, -0.15) is 0 Å². The Hall–Kier alpha value is -1.54. The van der Waals surface area contributed by atoms with Crippen molar-refractivity contribution in [2.24, 2.45) is 0 Å². The van der Waals surface area contributed by atoms with E-state index in [4.69, 9.17) is 11.6 Å². The molecule has 0 fully saturated rings. The molecule has 0 spiro atoms. The Labute approximate surface area is 106 Å². The van der Waals surface area contributed by atoms with E-state index in [9.17, 15) is 0 Å². The van der Waals surface area contributed by atoms with Crippen LogP contribution in [-0.4, -0.2) is 11.5 Å². The topological polar surface area (TPSA) is 16.1 Å². The van der Waals surface area contributed by atoms with Gasteiger partial charge in [0.1, 0.15) is 5.15 Å². The largest absolute Gasteiger partial charge is 0.365 e. The van der Waals surface area contributed by atoms with Gasteiger partial charge in [0.25, 0.3) is 0 Å². The number of nitrogens with zero attached hydrogens (tertiary/aromatic N) is 2. The number of hydrogen-bond acceptors (Lipinski definition) is 2. The highest BCUT2D eigenvalue weighted by atomic mass is 35.5. The molecule has 1 aromatic carbocycles. The third-order valence-corrected chi connectivity index (χ3v) is 3.32. The van der Waals surface area contributed by atoms with Crippen molar-refractivity contribution >= 4 is 17.3 Å². The molecule has 3 rings (SSSR count). The molecule has 0 unspecified atom stereocenters. The molecule has 1 aliphatic heterocycles. The minimum absolute atomic E-state index is 0.565. The van der Waals surface area contributed by atoms with Crippen molar-refractivity contribution in [3.8, 4) is 0 Å². The van der Waals surface area contributed by atoms with Gasteiger partial charge in [-0.15, -0.1) is 0 Å². The molecule has 0 bridgehead atoms. The maximum absolute atomic E-state index is 5.90. The summed E-state index contributed by atoms with van der Waals surface area (Å²) in [4.78, 5) is 6.69. The summed E-state index contributed by atoms with van der Waals surface area (Å²) in [5.74, 6) is 0. The lowest BCUT2D eigenvalue weighted by Crippen LogP contribution is -2.20. The first-order chi connectivity index (χ1) is 8.33. The van der Waals surface area contributed by atoms with Gasteiger partial charge in [0.2, 0.25) is 0 Å². The lowest BCUT2D eigenvalue weighted by molar-refractivity contribution is 0.815. The summed E-state index contributed by atoms with van der Waals surface area (Å²) in [6, 6.07) is 14.3. The number of pyridine rings is 1. The first kappa shape index (κ1) is 10.6. The zero-order valence-corrected chi connectivity index (χ0v) is 10.2. The second-order valence-electron chi connectivity index (χ2n) is 4.25. The Bertz CT molecular complexity index is 539. The summed E-state index contributed by atoms with van der Waals surface area (Å²) in [6.45, 7) is 1.89. The predicted molar refractivity (Wildman–Crippen MR) is 70.4 cm³/mol. The van der Waals surface area contributed by atoms with Gasteiger partial charge in [-0.3, -0.25) is 0 Å². The monoisotopic (exact) mass is 244 g/mol. The normalized spacial score (nSPS) is 13.8. The fraction of sp³-hybridized carbons (Fsp3) is 0.214. The van der Waals surface area contributed by atoms with Crippen LogP contribution in [0, 0.1) is 0 Å². The molecular weight excluding hydrogens is 232 g/mol. The van der Waals surface area contributed by atoms with Crippen molar-refractivity contribution in [3.05, 3.63) is 58.9 Å². The smallest absolute Gasteiger partial charge is 0.129 e. The Morgan fingerprint density at radius 2 is 2.00 bits per heavy atom. The van der Waals surface area contributed by atoms with E-state index < -0.39 is 0 Å².